The van der Waals surface area contributed by atoms with Crippen LogP contribution in [-0.4, -0.2) is 34.3 Å². The normalized spacial score (nSPS) is 21.0. The lowest BCUT2D eigenvalue weighted by atomic mass is 10.0. The number of piperidine rings is 1. The van der Waals surface area contributed by atoms with Crippen molar-refractivity contribution >= 4 is 18.3 Å². The molecule has 0 bridgehead atoms. The molecule has 1 amide bonds. The minimum Gasteiger partial charge on any atom is -0.349 e. The Hall–Kier alpha value is -1.85. The van der Waals surface area contributed by atoms with Crippen LogP contribution in [0.15, 0.2) is 42.7 Å². The van der Waals surface area contributed by atoms with Gasteiger partial charge in [0, 0.05) is 30.0 Å². The van der Waals surface area contributed by atoms with Crippen molar-refractivity contribution in [1.29, 1.82) is 0 Å². The van der Waals surface area contributed by atoms with E-state index in [4.69, 9.17) is 0 Å². The molecule has 1 saturated heterocycles. The average Bonchev–Trinajstić information content (AvgIpc) is 3.01. The Morgan fingerprint density at radius 1 is 1.36 bits per heavy atom. The van der Waals surface area contributed by atoms with Gasteiger partial charge in [0.15, 0.2) is 0 Å². The van der Waals surface area contributed by atoms with Crippen molar-refractivity contribution in [3.05, 3.63) is 48.3 Å². The van der Waals surface area contributed by atoms with Crippen LogP contribution in [-0.2, 0) is 0 Å². The lowest BCUT2D eigenvalue weighted by molar-refractivity contribution is 0.0925. The molecule has 0 spiro atoms. The van der Waals surface area contributed by atoms with Gasteiger partial charge in [-0.2, -0.15) is 5.10 Å². The van der Waals surface area contributed by atoms with Crippen LogP contribution < -0.4 is 10.6 Å². The van der Waals surface area contributed by atoms with E-state index in [2.05, 4.69) is 22.7 Å². The number of nitrogens with one attached hydrogen (secondary N) is 2. The van der Waals surface area contributed by atoms with E-state index in [-0.39, 0.29) is 24.4 Å². The first-order valence-electron chi connectivity index (χ1n) is 7.37. The molecule has 118 valence electrons. The fourth-order valence-electron chi connectivity index (χ4n) is 2.72. The molecule has 1 aromatic heterocycles. The smallest absolute Gasteiger partial charge is 0.251 e. The number of hydrogen-bond acceptors (Lipinski definition) is 3. The Morgan fingerprint density at radius 2 is 2.14 bits per heavy atom. The van der Waals surface area contributed by atoms with Crippen molar-refractivity contribution in [2.24, 2.45) is 0 Å². The fourth-order valence-corrected chi connectivity index (χ4v) is 2.72. The lowest BCUT2D eigenvalue weighted by Crippen LogP contribution is -2.46. The average molecular weight is 321 g/mol. The van der Waals surface area contributed by atoms with Crippen LogP contribution in [0.2, 0.25) is 0 Å². The number of nitrogens with zero attached hydrogens (tertiary/aromatic N) is 2. The van der Waals surface area contributed by atoms with E-state index in [9.17, 15) is 4.79 Å². The van der Waals surface area contributed by atoms with Gasteiger partial charge in [-0.3, -0.25) is 4.79 Å². The standard InChI is InChI=1S/C16H20N4O.ClH/c1-12-11-14(7-9-17-12)19-16(21)13-3-5-15(6-4-13)20-10-2-8-18-20;/h2-6,8,10,12,14,17H,7,9,11H2,1H3,(H,19,21);1H. The van der Waals surface area contributed by atoms with E-state index in [1.165, 1.54) is 0 Å². The molecule has 1 fully saturated rings. The van der Waals surface area contributed by atoms with Crippen molar-refractivity contribution < 1.29 is 4.79 Å². The van der Waals surface area contributed by atoms with Gasteiger partial charge in [0.25, 0.3) is 5.91 Å². The molecule has 22 heavy (non-hydrogen) atoms. The van der Waals surface area contributed by atoms with Crippen molar-refractivity contribution in [1.82, 2.24) is 20.4 Å². The fraction of sp³-hybridized carbons (Fsp3) is 0.375. The van der Waals surface area contributed by atoms with Crippen molar-refractivity contribution in [2.75, 3.05) is 6.54 Å². The highest BCUT2D eigenvalue weighted by atomic mass is 35.5. The largest absolute Gasteiger partial charge is 0.349 e. The Kier molecular flexibility index (Phi) is 5.57. The summed E-state index contributed by atoms with van der Waals surface area (Å²) in [5.74, 6) is 0.00103. The number of benzene rings is 1. The molecule has 1 aliphatic rings. The first kappa shape index (κ1) is 16.5. The molecular formula is C16H21ClN4O. The maximum atomic E-state index is 12.3. The summed E-state index contributed by atoms with van der Waals surface area (Å²) in [5, 5.41) is 10.7. The zero-order valence-corrected chi connectivity index (χ0v) is 13.3. The molecule has 0 saturated carbocycles. The highest BCUT2D eigenvalue weighted by Crippen LogP contribution is 2.11. The molecule has 5 nitrogen and oxygen atoms in total. The highest BCUT2D eigenvalue weighted by molar-refractivity contribution is 5.94. The summed E-state index contributed by atoms with van der Waals surface area (Å²) >= 11 is 0. The van der Waals surface area contributed by atoms with Crippen LogP contribution in [0.4, 0.5) is 0 Å². The van der Waals surface area contributed by atoms with Gasteiger partial charge in [-0.05, 0) is 56.6 Å². The first-order valence-corrected chi connectivity index (χ1v) is 7.37. The quantitative estimate of drug-likeness (QED) is 0.911. The van der Waals surface area contributed by atoms with Crippen molar-refractivity contribution in [3.63, 3.8) is 0 Å². The Balaban J connectivity index is 0.00000176. The van der Waals surface area contributed by atoms with Crippen LogP contribution in [0.25, 0.3) is 5.69 Å². The second kappa shape index (κ2) is 7.42. The molecule has 2 unspecified atom stereocenters. The predicted molar refractivity (Wildman–Crippen MR) is 88.8 cm³/mol. The molecular weight excluding hydrogens is 300 g/mol. The molecule has 1 aromatic carbocycles. The SMILES string of the molecule is CC1CC(NC(=O)c2ccc(-n3cccn3)cc2)CCN1.Cl. The molecule has 6 heteroatoms. The molecule has 0 aliphatic carbocycles. The third kappa shape index (κ3) is 3.87. The highest BCUT2D eigenvalue weighted by Gasteiger charge is 2.20. The van der Waals surface area contributed by atoms with Crippen LogP contribution >= 0.6 is 12.4 Å². The molecule has 2 aromatic rings. The third-order valence-electron chi connectivity index (χ3n) is 3.86. The summed E-state index contributed by atoms with van der Waals surface area (Å²) in [7, 11) is 0. The van der Waals surface area contributed by atoms with E-state index in [1.54, 1.807) is 10.9 Å². The van der Waals surface area contributed by atoms with E-state index in [0.29, 0.717) is 11.6 Å². The van der Waals surface area contributed by atoms with Gasteiger partial charge in [0.05, 0.1) is 5.69 Å². The number of carbonyl (C=O) groups excluding carboxylic acids is 1. The minimum atomic E-state index is 0. The summed E-state index contributed by atoms with van der Waals surface area (Å²) in [6, 6.07) is 10.1. The van der Waals surface area contributed by atoms with Crippen LogP contribution in [0, 0.1) is 0 Å². The molecule has 0 radical (unpaired) electrons. The van der Waals surface area contributed by atoms with Crippen molar-refractivity contribution in [3.8, 4) is 5.69 Å². The topological polar surface area (TPSA) is 59.0 Å². The van der Waals surface area contributed by atoms with Gasteiger partial charge >= 0.3 is 0 Å². The van der Waals surface area contributed by atoms with Crippen molar-refractivity contribution in [2.45, 2.75) is 31.8 Å². The Labute approximate surface area is 136 Å². The maximum absolute atomic E-state index is 12.3. The van der Waals surface area contributed by atoms with Gasteiger partial charge in [-0.25, -0.2) is 4.68 Å². The monoisotopic (exact) mass is 320 g/mol. The number of hydrogen-bond donors (Lipinski definition) is 2. The maximum Gasteiger partial charge on any atom is 0.251 e. The van der Waals surface area contributed by atoms with E-state index in [0.717, 1.165) is 25.1 Å². The summed E-state index contributed by atoms with van der Waals surface area (Å²) in [5.41, 5.74) is 1.64. The van der Waals surface area contributed by atoms with E-state index < -0.39 is 0 Å². The molecule has 2 heterocycles. The van der Waals surface area contributed by atoms with Crippen LogP contribution in [0.1, 0.15) is 30.1 Å². The molecule has 1 aliphatic heterocycles. The Bertz CT molecular complexity index is 597. The van der Waals surface area contributed by atoms with Gasteiger partial charge in [0.2, 0.25) is 0 Å². The van der Waals surface area contributed by atoms with Crippen LogP contribution in [0.5, 0.6) is 0 Å². The summed E-state index contributed by atoms with van der Waals surface area (Å²) in [4.78, 5) is 12.3. The van der Waals surface area contributed by atoms with Gasteiger partial charge in [-0.1, -0.05) is 0 Å². The summed E-state index contributed by atoms with van der Waals surface area (Å²) in [6.45, 7) is 3.11. The molecule has 2 atom stereocenters. The number of rotatable bonds is 3. The van der Waals surface area contributed by atoms with Gasteiger partial charge in [0.1, 0.15) is 0 Å². The van der Waals surface area contributed by atoms with E-state index >= 15 is 0 Å². The lowest BCUT2D eigenvalue weighted by Gasteiger charge is -2.28. The third-order valence-corrected chi connectivity index (χ3v) is 3.86. The number of aromatic nitrogens is 2. The second-order valence-corrected chi connectivity index (χ2v) is 5.55. The van der Waals surface area contributed by atoms with Gasteiger partial charge in [-0.15, -0.1) is 12.4 Å². The first-order chi connectivity index (χ1) is 10.2. The number of halogens is 1. The van der Waals surface area contributed by atoms with Crippen LogP contribution in [0.3, 0.4) is 0 Å². The predicted octanol–water partition coefficient (Wildman–Crippen LogP) is 2.16. The zero-order chi connectivity index (χ0) is 14.7. The summed E-state index contributed by atoms with van der Waals surface area (Å²) < 4.78 is 1.77. The van der Waals surface area contributed by atoms with Gasteiger partial charge < -0.3 is 10.6 Å². The number of amides is 1. The number of carbonyl (C=O) groups is 1. The zero-order valence-electron chi connectivity index (χ0n) is 12.5. The summed E-state index contributed by atoms with van der Waals surface area (Å²) in [6.07, 6.45) is 5.59. The Morgan fingerprint density at radius 3 is 2.77 bits per heavy atom. The molecule has 3 rings (SSSR count). The minimum absolute atomic E-state index is 0. The molecule has 2 N–H and O–H groups in total. The van der Waals surface area contributed by atoms with E-state index in [1.807, 2.05) is 36.5 Å². The second-order valence-electron chi connectivity index (χ2n) is 5.55.